The summed E-state index contributed by atoms with van der Waals surface area (Å²) in [4.78, 5) is 12.0. The van der Waals surface area contributed by atoms with E-state index in [9.17, 15) is 4.79 Å². The molecule has 1 atom stereocenters. The van der Waals surface area contributed by atoms with Gasteiger partial charge in [0.2, 0.25) is 5.91 Å². The molecular formula is C16H17BrN2O. The van der Waals surface area contributed by atoms with E-state index in [-0.39, 0.29) is 5.91 Å². The zero-order valence-corrected chi connectivity index (χ0v) is 12.6. The fourth-order valence-electron chi connectivity index (χ4n) is 1.92. The van der Waals surface area contributed by atoms with Crippen LogP contribution in [0.2, 0.25) is 0 Å². The van der Waals surface area contributed by atoms with Crippen LogP contribution in [0.15, 0.2) is 59.1 Å². The van der Waals surface area contributed by atoms with Gasteiger partial charge in [0.1, 0.15) is 0 Å². The fraction of sp³-hybridized carbons (Fsp3) is 0.188. The van der Waals surface area contributed by atoms with Crippen molar-refractivity contribution in [2.24, 2.45) is 5.73 Å². The molecule has 0 heterocycles. The lowest BCUT2D eigenvalue weighted by Gasteiger charge is -2.13. The Morgan fingerprint density at radius 2 is 1.75 bits per heavy atom. The van der Waals surface area contributed by atoms with Gasteiger partial charge in [-0.25, -0.2) is 0 Å². The molecular weight excluding hydrogens is 316 g/mol. The molecule has 2 aromatic rings. The third kappa shape index (κ3) is 4.18. The monoisotopic (exact) mass is 332 g/mol. The Kier molecular flexibility index (Phi) is 5.32. The van der Waals surface area contributed by atoms with Gasteiger partial charge in [-0.15, -0.1) is 0 Å². The number of hydrogen-bond donors (Lipinski definition) is 2. The molecule has 0 spiro atoms. The van der Waals surface area contributed by atoms with Crippen LogP contribution < -0.4 is 11.1 Å². The molecule has 3 nitrogen and oxygen atoms in total. The Bertz CT molecular complexity index is 572. The molecule has 2 aromatic carbocycles. The van der Waals surface area contributed by atoms with Crippen molar-refractivity contribution < 1.29 is 4.79 Å². The molecule has 0 bridgehead atoms. The molecule has 2 rings (SSSR count). The minimum absolute atomic E-state index is 0.135. The van der Waals surface area contributed by atoms with Gasteiger partial charge in [0.05, 0.1) is 6.04 Å². The quantitative estimate of drug-likeness (QED) is 0.884. The van der Waals surface area contributed by atoms with Crippen molar-refractivity contribution in [3.63, 3.8) is 0 Å². The Morgan fingerprint density at radius 1 is 1.10 bits per heavy atom. The van der Waals surface area contributed by atoms with Crippen LogP contribution in [0, 0.1) is 0 Å². The molecule has 4 heteroatoms. The van der Waals surface area contributed by atoms with Gasteiger partial charge in [-0.2, -0.15) is 0 Å². The van der Waals surface area contributed by atoms with E-state index in [2.05, 4.69) is 21.2 Å². The van der Waals surface area contributed by atoms with Crippen molar-refractivity contribution in [2.75, 3.05) is 0 Å². The van der Waals surface area contributed by atoms with Gasteiger partial charge < -0.3 is 11.1 Å². The summed E-state index contributed by atoms with van der Waals surface area (Å²) in [6.45, 7) is 0.475. The molecule has 20 heavy (non-hydrogen) atoms. The number of rotatable bonds is 5. The average molecular weight is 333 g/mol. The van der Waals surface area contributed by atoms with E-state index in [1.54, 1.807) is 0 Å². The predicted molar refractivity (Wildman–Crippen MR) is 84.1 cm³/mol. The Labute approximate surface area is 127 Å². The highest BCUT2D eigenvalue weighted by Crippen LogP contribution is 2.15. The standard InChI is InChI=1S/C16H17BrN2O/c17-14-9-5-4-8-13(14)11-19-16(20)15(18)10-12-6-2-1-3-7-12/h1-9,15H,10-11,18H2,(H,19,20)/t15-/m1/s1. The van der Waals surface area contributed by atoms with Crippen LogP contribution in [0.5, 0.6) is 0 Å². The number of benzene rings is 2. The topological polar surface area (TPSA) is 55.1 Å². The maximum atomic E-state index is 12.0. The minimum atomic E-state index is -0.528. The maximum absolute atomic E-state index is 12.0. The molecule has 0 aliphatic heterocycles. The maximum Gasteiger partial charge on any atom is 0.237 e. The first-order valence-electron chi connectivity index (χ1n) is 6.47. The third-order valence-corrected chi connectivity index (χ3v) is 3.82. The van der Waals surface area contributed by atoms with E-state index in [1.807, 2.05) is 54.6 Å². The highest BCUT2D eigenvalue weighted by molar-refractivity contribution is 9.10. The molecule has 0 saturated carbocycles. The van der Waals surface area contributed by atoms with Gasteiger partial charge in [-0.1, -0.05) is 64.5 Å². The van der Waals surface area contributed by atoms with Gasteiger partial charge in [0.15, 0.2) is 0 Å². The molecule has 1 amide bonds. The van der Waals surface area contributed by atoms with E-state index >= 15 is 0 Å². The minimum Gasteiger partial charge on any atom is -0.351 e. The first kappa shape index (κ1) is 14.8. The van der Waals surface area contributed by atoms with E-state index in [0.717, 1.165) is 15.6 Å². The zero-order valence-electron chi connectivity index (χ0n) is 11.1. The van der Waals surface area contributed by atoms with Crippen LogP contribution in [-0.2, 0) is 17.8 Å². The second-order valence-electron chi connectivity index (χ2n) is 4.61. The highest BCUT2D eigenvalue weighted by atomic mass is 79.9. The number of carbonyl (C=O) groups is 1. The van der Waals surface area contributed by atoms with Gasteiger partial charge in [-0.05, 0) is 23.6 Å². The van der Waals surface area contributed by atoms with Crippen LogP contribution in [-0.4, -0.2) is 11.9 Å². The molecule has 0 aliphatic rings. The average Bonchev–Trinajstić information content (AvgIpc) is 2.47. The molecule has 104 valence electrons. The molecule has 0 saturated heterocycles. The Balaban J connectivity index is 1.87. The molecule has 0 fully saturated rings. The summed E-state index contributed by atoms with van der Waals surface area (Å²) in [5.41, 5.74) is 8.03. The van der Waals surface area contributed by atoms with Crippen LogP contribution in [0.3, 0.4) is 0 Å². The lowest BCUT2D eigenvalue weighted by molar-refractivity contribution is -0.122. The smallest absolute Gasteiger partial charge is 0.237 e. The number of carbonyl (C=O) groups excluding carboxylic acids is 1. The van der Waals surface area contributed by atoms with E-state index in [4.69, 9.17) is 5.73 Å². The Hall–Kier alpha value is -1.65. The van der Waals surface area contributed by atoms with Crippen LogP contribution in [0.1, 0.15) is 11.1 Å². The number of nitrogens with one attached hydrogen (secondary N) is 1. The van der Waals surface area contributed by atoms with Crippen molar-refractivity contribution in [3.05, 3.63) is 70.2 Å². The summed E-state index contributed by atoms with van der Waals surface area (Å²) >= 11 is 3.45. The van der Waals surface area contributed by atoms with E-state index in [0.29, 0.717) is 13.0 Å². The third-order valence-electron chi connectivity index (χ3n) is 3.05. The predicted octanol–water partition coefficient (Wildman–Crippen LogP) is 2.64. The second-order valence-corrected chi connectivity index (χ2v) is 5.46. The van der Waals surface area contributed by atoms with Crippen molar-refractivity contribution in [2.45, 2.75) is 19.0 Å². The summed E-state index contributed by atoms with van der Waals surface area (Å²) in [5.74, 6) is -0.135. The van der Waals surface area contributed by atoms with Crippen LogP contribution in [0.25, 0.3) is 0 Å². The van der Waals surface area contributed by atoms with Crippen molar-refractivity contribution >= 4 is 21.8 Å². The zero-order chi connectivity index (χ0) is 14.4. The van der Waals surface area contributed by atoms with Crippen LogP contribution in [0.4, 0.5) is 0 Å². The summed E-state index contributed by atoms with van der Waals surface area (Å²) in [5, 5.41) is 2.87. The lowest BCUT2D eigenvalue weighted by atomic mass is 10.1. The van der Waals surface area contributed by atoms with Crippen molar-refractivity contribution in [1.82, 2.24) is 5.32 Å². The molecule has 0 aliphatic carbocycles. The number of hydrogen-bond acceptors (Lipinski definition) is 2. The van der Waals surface area contributed by atoms with Gasteiger partial charge in [0.25, 0.3) is 0 Å². The molecule has 3 N–H and O–H groups in total. The van der Waals surface area contributed by atoms with Crippen molar-refractivity contribution in [1.29, 1.82) is 0 Å². The fourth-order valence-corrected chi connectivity index (χ4v) is 2.34. The number of amides is 1. The first-order chi connectivity index (χ1) is 9.66. The molecule has 0 radical (unpaired) electrons. The van der Waals surface area contributed by atoms with E-state index in [1.165, 1.54) is 0 Å². The van der Waals surface area contributed by atoms with Crippen molar-refractivity contribution in [3.8, 4) is 0 Å². The van der Waals surface area contributed by atoms with Gasteiger partial charge in [-0.3, -0.25) is 4.79 Å². The van der Waals surface area contributed by atoms with Crippen LogP contribution >= 0.6 is 15.9 Å². The summed E-state index contributed by atoms with van der Waals surface area (Å²) in [6, 6.07) is 17.1. The molecule has 0 aromatic heterocycles. The van der Waals surface area contributed by atoms with Gasteiger partial charge >= 0.3 is 0 Å². The number of nitrogens with two attached hydrogens (primary N) is 1. The van der Waals surface area contributed by atoms with E-state index < -0.39 is 6.04 Å². The Morgan fingerprint density at radius 3 is 2.45 bits per heavy atom. The normalized spacial score (nSPS) is 11.9. The summed E-state index contributed by atoms with van der Waals surface area (Å²) in [6.07, 6.45) is 0.544. The highest BCUT2D eigenvalue weighted by Gasteiger charge is 2.13. The van der Waals surface area contributed by atoms with Gasteiger partial charge in [0, 0.05) is 11.0 Å². The SMILES string of the molecule is N[C@H](Cc1ccccc1)C(=O)NCc1ccccc1Br. The summed E-state index contributed by atoms with van der Waals surface area (Å²) in [7, 11) is 0. The summed E-state index contributed by atoms with van der Waals surface area (Å²) < 4.78 is 0.983. The largest absolute Gasteiger partial charge is 0.351 e. The second kappa shape index (κ2) is 7.22. The molecule has 0 unspecified atom stereocenters. The lowest BCUT2D eigenvalue weighted by Crippen LogP contribution is -2.41. The first-order valence-corrected chi connectivity index (χ1v) is 7.27. The number of halogens is 1.